The molecule has 0 saturated carbocycles. The van der Waals surface area contributed by atoms with Crippen LogP contribution in [0.2, 0.25) is 0 Å². The number of hydrogen-bond donors (Lipinski definition) is 0. The third-order valence-corrected chi connectivity index (χ3v) is 5.30. The first-order valence-electron chi connectivity index (χ1n) is 9.79. The summed E-state index contributed by atoms with van der Waals surface area (Å²) in [6, 6.07) is 13.5. The van der Waals surface area contributed by atoms with E-state index in [2.05, 4.69) is 9.97 Å². The number of pyridine rings is 1. The fourth-order valence-electron chi connectivity index (χ4n) is 3.80. The molecule has 1 aromatic carbocycles. The molecule has 4 rings (SSSR count). The summed E-state index contributed by atoms with van der Waals surface area (Å²) >= 11 is 0. The number of nitrogens with zero attached hydrogens (tertiary/aromatic N) is 4. The van der Waals surface area contributed by atoms with Gasteiger partial charge in [0.1, 0.15) is 11.6 Å². The van der Waals surface area contributed by atoms with Crippen molar-refractivity contribution in [1.82, 2.24) is 19.9 Å². The molecular formula is C23H24N4O2. The molecule has 6 heteroatoms. The maximum atomic E-state index is 12.9. The molecule has 1 atom stereocenters. The van der Waals surface area contributed by atoms with Crippen molar-refractivity contribution in [2.75, 3.05) is 20.2 Å². The molecule has 29 heavy (non-hydrogen) atoms. The normalized spacial score (nSPS) is 16.1. The fourth-order valence-corrected chi connectivity index (χ4v) is 3.80. The van der Waals surface area contributed by atoms with Crippen LogP contribution in [0.15, 0.2) is 54.9 Å². The van der Waals surface area contributed by atoms with Crippen LogP contribution in [0.25, 0.3) is 11.3 Å². The van der Waals surface area contributed by atoms with Crippen LogP contribution in [0.3, 0.4) is 0 Å². The van der Waals surface area contributed by atoms with Gasteiger partial charge in [0.05, 0.1) is 24.9 Å². The van der Waals surface area contributed by atoms with Gasteiger partial charge >= 0.3 is 0 Å². The second-order valence-electron chi connectivity index (χ2n) is 7.28. The number of rotatable bonds is 5. The number of likely N-dealkylation sites (tertiary alicyclic amines) is 1. The smallest absolute Gasteiger partial charge is 0.227 e. The summed E-state index contributed by atoms with van der Waals surface area (Å²) < 4.78 is 5.26. The highest BCUT2D eigenvalue weighted by Crippen LogP contribution is 2.32. The number of aryl methyl sites for hydroxylation is 1. The van der Waals surface area contributed by atoms with Crippen molar-refractivity contribution >= 4 is 5.91 Å². The summed E-state index contributed by atoms with van der Waals surface area (Å²) in [5.74, 6) is 1.82. The molecule has 0 spiro atoms. The maximum Gasteiger partial charge on any atom is 0.227 e. The van der Waals surface area contributed by atoms with Crippen LogP contribution in [-0.4, -0.2) is 46.0 Å². The van der Waals surface area contributed by atoms with Gasteiger partial charge < -0.3 is 9.64 Å². The molecule has 2 aromatic heterocycles. The van der Waals surface area contributed by atoms with Gasteiger partial charge in [0, 0.05) is 37.0 Å². The Labute approximate surface area is 170 Å². The molecule has 0 unspecified atom stereocenters. The van der Waals surface area contributed by atoms with E-state index in [1.54, 1.807) is 13.3 Å². The van der Waals surface area contributed by atoms with Gasteiger partial charge in [-0.25, -0.2) is 9.97 Å². The minimum Gasteiger partial charge on any atom is -0.497 e. The van der Waals surface area contributed by atoms with Gasteiger partial charge in [0.2, 0.25) is 5.91 Å². The van der Waals surface area contributed by atoms with E-state index in [-0.39, 0.29) is 11.8 Å². The highest BCUT2D eigenvalue weighted by molar-refractivity contribution is 5.79. The van der Waals surface area contributed by atoms with Gasteiger partial charge in [-0.15, -0.1) is 0 Å². The molecule has 1 aliphatic heterocycles. The van der Waals surface area contributed by atoms with Crippen LogP contribution in [0.1, 0.15) is 29.4 Å². The van der Waals surface area contributed by atoms with Crippen LogP contribution in [-0.2, 0) is 11.2 Å². The Hall–Kier alpha value is -3.28. The molecule has 0 aliphatic carbocycles. The highest BCUT2D eigenvalue weighted by atomic mass is 16.5. The molecule has 3 heterocycles. The first-order valence-corrected chi connectivity index (χ1v) is 9.79. The molecule has 0 radical (unpaired) electrons. The van der Waals surface area contributed by atoms with Gasteiger partial charge in [0.25, 0.3) is 0 Å². The molecule has 1 amide bonds. The van der Waals surface area contributed by atoms with Crippen molar-refractivity contribution in [2.24, 2.45) is 0 Å². The summed E-state index contributed by atoms with van der Waals surface area (Å²) in [4.78, 5) is 28.3. The zero-order chi connectivity index (χ0) is 20.2. The Bertz CT molecular complexity index is 1010. The number of ether oxygens (including phenoxy) is 1. The molecule has 6 nitrogen and oxygen atoms in total. The first-order chi connectivity index (χ1) is 14.1. The summed E-state index contributed by atoms with van der Waals surface area (Å²) in [7, 11) is 1.63. The van der Waals surface area contributed by atoms with Gasteiger partial charge in [-0.05, 0) is 43.2 Å². The van der Waals surface area contributed by atoms with Crippen LogP contribution >= 0.6 is 0 Å². The summed E-state index contributed by atoms with van der Waals surface area (Å²) in [5, 5.41) is 0. The van der Waals surface area contributed by atoms with Crippen LogP contribution in [0, 0.1) is 6.92 Å². The van der Waals surface area contributed by atoms with Crippen molar-refractivity contribution < 1.29 is 9.53 Å². The highest BCUT2D eigenvalue weighted by Gasteiger charge is 2.30. The van der Waals surface area contributed by atoms with E-state index >= 15 is 0 Å². The van der Waals surface area contributed by atoms with E-state index in [4.69, 9.17) is 9.72 Å². The van der Waals surface area contributed by atoms with E-state index in [9.17, 15) is 4.79 Å². The third kappa shape index (κ3) is 4.26. The average molecular weight is 388 g/mol. The van der Waals surface area contributed by atoms with Crippen molar-refractivity contribution in [2.45, 2.75) is 25.7 Å². The molecule has 148 valence electrons. The molecular weight excluding hydrogens is 364 g/mol. The van der Waals surface area contributed by atoms with Gasteiger partial charge in [0.15, 0.2) is 0 Å². The van der Waals surface area contributed by atoms with E-state index in [0.29, 0.717) is 13.0 Å². The molecule has 1 fully saturated rings. The van der Waals surface area contributed by atoms with Gasteiger partial charge in [-0.1, -0.05) is 18.2 Å². The Morgan fingerprint density at radius 3 is 2.90 bits per heavy atom. The van der Waals surface area contributed by atoms with Crippen LogP contribution in [0.5, 0.6) is 5.75 Å². The Morgan fingerprint density at radius 2 is 2.10 bits per heavy atom. The largest absolute Gasteiger partial charge is 0.497 e. The lowest BCUT2D eigenvalue weighted by Gasteiger charge is -2.18. The number of aromatic nitrogens is 3. The Morgan fingerprint density at radius 1 is 1.21 bits per heavy atom. The summed E-state index contributed by atoms with van der Waals surface area (Å²) in [5.41, 5.74) is 3.75. The van der Waals surface area contributed by atoms with Crippen LogP contribution < -0.4 is 4.74 Å². The number of amides is 1. The quantitative estimate of drug-likeness (QED) is 0.670. The number of hydrogen-bond acceptors (Lipinski definition) is 5. The number of methoxy groups -OCH3 is 1. The minimum atomic E-state index is 0.130. The van der Waals surface area contributed by atoms with Crippen molar-refractivity contribution in [1.29, 1.82) is 0 Å². The van der Waals surface area contributed by atoms with Crippen molar-refractivity contribution in [3.05, 3.63) is 71.9 Å². The predicted molar refractivity (Wildman–Crippen MR) is 111 cm³/mol. The van der Waals surface area contributed by atoms with E-state index in [1.807, 2.05) is 60.5 Å². The Kier molecular flexibility index (Phi) is 5.51. The minimum absolute atomic E-state index is 0.130. The first kappa shape index (κ1) is 19.1. The second kappa shape index (κ2) is 8.39. The van der Waals surface area contributed by atoms with Crippen LogP contribution in [0.4, 0.5) is 0 Å². The van der Waals surface area contributed by atoms with Crippen molar-refractivity contribution in [3.63, 3.8) is 0 Å². The monoisotopic (exact) mass is 388 g/mol. The molecule has 1 aliphatic rings. The van der Waals surface area contributed by atoms with E-state index < -0.39 is 0 Å². The van der Waals surface area contributed by atoms with Gasteiger partial charge in [-0.2, -0.15) is 0 Å². The Balaban J connectivity index is 1.51. The molecule has 3 aromatic rings. The lowest BCUT2D eigenvalue weighted by molar-refractivity contribution is -0.129. The molecule has 0 N–H and O–H groups in total. The SMILES string of the molecule is COc1cccc(CC(=O)N2CC[C@@H](c3nc(C)ncc3-c3ccccn3)C2)c1. The summed E-state index contributed by atoms with van der Waals surface area (Å²) in [6.45, 7) is 3.30. The predicted octanol–water partition coefficient (Wildman–Crippen LogP) is 3.41. The fraction of sp³-hybridized carbons (Fsp3) is 0.304. The lowest BCUT2D eigenvalue weighted by atomic mass is 9.98. The number of carbonyl (C=O) groups excluding carboxylic acids is 1. The average Bonchev–Trinajstić information content (AvgIpc) is 3.25. The van der Waals surface area contributed by atoms with E-state index in [0.717, 1.165) is 47.1 Å². The molecule has 0 bridgehead atoms. The lowest BCUT2D eigenvalue weighted by Crippen LogP contribution is -2.30. The topological polar surface area (TPSA) is 68.2 Å². The number of carbonyl (C=O) groups is 1. The summed E-state index contributed by atoms with van der Waals surface area (Å²) in [6.07, 6.45) is 4.89. The zero-order valence-electron chi connectivity index (χ0n) is 16.7. The zero-order valence-corrected chi connectivity index (χ0v) is 16.7. The standard InChI is InChI=1S/C23H24N4O2/c1-16-25-14-20(21-8-3-4-10-24-21)23(26-16)18-9-11-27(15-18)22(28)13-17-6-5-7-19(12-17)29-2/h3-8,10,12,14,18H,9,11,13,15H2,1-2H3/t18-/m1/s1. The maximum absolute atomic E-state index is 12.9. The second-order valence-corrected chi connectivity index (χ2v) is 7.28. The van der Waals surface area contributed by atoms with E-state index in [1.165, 1.54) is 0 Å². The van der Waals surface area contributed by atoms with Crippen molar-refractivity contribution in [3.8, 4) is 17.0 Å². The third-order valence-electron chi connectivity index (χ3n) is 5.30. The van der Waals surface area contributed by atoms with Gasteiger partial charge in [-0.3, -0.25) is 9.78 Å². The molecule has 1 saturated heterocycles. The number of benzene rings is 1.